The summed E-state index contributed by atoms with van der Waals surface area (Å²) in [5.41, 5.74) is 3.72. The SMILES string of the molecule is C=C(C)c1ccc(CN2CCOCC2)cc1. The summed E-state index contributed by atoms with van der Waals surface area (Å²) in [5, 5.41) is 0. The first-order valence-corrected chi connectivity index (χ1v) is 5.80. The Morgan fingerprint density at radius 3 is 2.44 bits per heavy atom. The van der Waals surface area contributed by atoms with E-state index in [4.69, 9.17) is 4.74 Å². The zero-order valence-electron chi connectivity index (χ0n) is 9.91. The molecule has 0 saturated carbocycles. The third kappa shape index (κ3) is 2.94. The van der Waals surface area contributed by atoms with E-state index in [9.17, 15) is 0 Å². The Morgan fingerprint density at radius 2 is 1.88 bits per heavy atom. The van der Waals surface area contributed by atoms with Crippen LogP contribution in [0.3, 0.4) is 0 Å². The predicted octanol–water partition coefficient (Wildman–Crippen LogP) is 2.55. The summed E-state index contributed by atoms with van der Waals surface area (Å²) in [6.45, 7) is 10.8. The second-order valence-corrected chi connectivity index (χ2v) is 4.37. The summed E-state index contributed by atoms with van der Waals surface area (Å²) < 4.78 is 5.33. The summed E-state index contributed by atoms with van der Waals surface area (Å²) >= 11 is 0. The van der Waals surface area contributed by atoms with E-state index in [1.807, 2.05) is 6.92 Å². The molecule has 0 radical (unpaired) electrons. The van der Waals surface area contributed by atoms with Gasteiger partial charge in [-0.15, -0.1) is 0 Å². The third-order valence-electron chi connectivity index (χ3n) is 2.96. The van der Waals surface area contributed by atoms with E-state index < -0.39 is 0 Å². The molecule has 1 fully saturated rings. The fourth-order valence-electron chi connectivity index (χ4n) is 1.91. The van der Waals surface area contributed by atoms with Gasteiger partial charge >= 0.3 is 0 Å². The summed E-state index contributed by atoms with van der Waals surface area (Å²) in [7, 11) is 0. The van der Waals surface area contributed by atoms with Gasteiger partial charge in [-0.2, -0.15) is 0 Å². The van der Waals surface area contributed by atoms with Crippen molar-refractivity contribution in [2.45, 2.75) is 13.5 Å². The molecule has 16 heavy (non-hydrogen) atoms. The van der Waals surface area contributed by atoms with Crippen LogP contribution in [0.5, 0.6) is 0 Å². The molecule has 1 aromatic carbocycles. The minimum absolute atomic E-state index is 0.865. The van der Waals surface area contributed by atoms with E-state index in [2.05, 4.69) is 35.7 Å². The zero-order chi connectivity index (χ0) is 11.4. The quantitative estimate of drug-likeness (QED) is 0.771. The van der Waals surface area contributed by atoms with Gasteiger partial charge in [0, 0.05) is 19.6 Å². The van der Waals surface area contributed by atoms with Crippen LogP contribution in [-0.2, 0) is 11.3 Å². The summed E-state index contributed by atoms with van der Waals surface area (Å²) in [6, 6.07) is 8.69. The molecule has 1 aromatic rings. The van der Waals surface area contributed by atoms with Crippen LogP contribution in [0.25, 0.3) is 5.57 Å². The molecule has 1 saturated heterocycles. The minimum atomic E-state index is 0.865. The first-order chi connectivity index (χ1) is 7.75. The number of hydrogen-bond donors (Lipinski definition) is 0. The van der Waals surface area contributed by atoms with Gasteiger partial charge in [-0.3, -0.25) is 4.90 Å². The summed E-state index contributed by atoms with van der Waals surface area (Å²) in [6.07, 6.45) is 0. The highest BCUT2D eigenvalue weighted by atomic mass is 16.5. The van der Waals surface area contributed by atoms with Gasteiger partial charge in [0.05, 0.1) is 13.2 Å². The summed E-state index contributed by atoms with van der Waals surface area (Å²) in [4.78, 5) is 2.43. The van der Waals surface area contributed by atoms with E-state index in [0.29, 0.717) is 0 Å². The first-order valence-electron chi connectivity index (χ1n) is 5.80. The molecule has 2 rings (SSSR count). The van der Waals surface area contributed by atoms with Gasteiger partial charge in [-0.05, 0) is 18.1 Å². The Kier molecular flexibility index (Phi) is 3.75. The van der Waals surface area contributed by atoms with Crippen molar-refractivity contribution < 1.29 is 4.74 Å². The lowest BCUT2D eigenvalue weighted by Crippen LogP contribution is -2.35. The Balaban J connectivity index is 1.96. The number of hydrogen-bond acceptors (Lipinski definition) is 2. The largest absolute Gasteiger partial charge is 0.379 e. The van der Waals surface area contributed by atoms with Gasteiger partial charge in [0.1, 0.15) is 0 Å². The molecule has 1 aliphatic rings. The smallest absolute Gasteiger partial charge is 0.0594 e. The maximum Gasteiger partial charge on any atom is 0.0594 e. The maximum atomic E-state index is 5.33. The molecule has 1 aliphatic heterocycles. The van der Waals surface area contributed by atoms with Crippen LogP contribution in [0, 0.1) is 0 Å². The van der Waals surface area contributed by atoms with E-state index in [1.54, 1.807) is 0 Å². The number of benzene rings is 1. The van der Waals surface area contributed by atoms with Crippen LogP contribution in [0.4, 0.5) is 0 Å². The molecule has 2 heteroatoms. The van der Waals surface area contributed by atoms with Crippen molar-refractivity contribution >= 4 is 5.57 Å². The molecule has 0 atom stereocenters. The Morgan fingerprint density at radius 1 is 1.25 bits per heavy atom. The zero-order valence-corrected chi connectivity index (χ0v) is 9.91. The normalized spacial score (nSPS) is 17.3. The van der Waals surface area contributed by atoms with Gasteiger partial charge < -0.3 is 4.74 Å². The minimum Gasteiger partial charge on any atom is -0.379 e. The average Bonchev–Trinajstić information content (AvgIpc) is 2.31. The van der Waals surface area contributed by atoms with Crippen LogP contribution in [-0.4, -0.2) is 31.2 Å². The fraction of sp³-hybridized carbons (Fsp3) is 0.429. The van der Waals surface area contributed by atoms with Crippen molar-refractivity contribution in [1.29, 1.82) is 0 Å². The van der Waals surface area contributed by atoms with Crippen molar-refractivity contribution in [3.8, 4) is 0 Å². The highest BCUT2D eigenvalue weighted by molar-refractivity contribution is 5.61. The number of ether oxygens (including phenoxy) is 1. The molecule has 0 aliphatic carbocycles. The van der Waals surface area contributed by atoms with Gasteiger partial charge in [0.15, 0.2) is 0 Å². The molecular weight excluding hydrogens is 198 g/mol. The van der Waals surface area contributed by atoms with E-state index in [1.165, 1.54) is 11.1 Å². The van der Waals surface area contributed by atoms with Crippen LogP contribution >= 0.6 is 0 Å². The molecule has 1 heterocycles. The molecular formula is C14H19NO. The molecule has 0 amide bonds. The van der Waals surface area contributed by atoms with Gasteiger partial charge in [-0.25, -0.2) is 0 Å². The lowest BCUT2D eigenvalue weighted by molar-refractivity contribution is 0.0342. The second-order valence-electron chi connectivity index (χ2n) is 4.37. The Hall–Kier alpha value is -1.12. The lowest BCUT2D eigenvalue weighted by Gasteiger charge is -2.26. The highest BCUT2D eigenvalue weighted by Crippen LogP contribution is 2.14. The molecule has 0 N–H and O–H groups in total. The monoisotopic (exact) mass is 217 g/mol. The summed E-state index contributed by atoms with van der Waals surface area (Å²) in [5.74, 6) is 0. The van der Waals surface area contributed by atoms with Crippen LogP contribution in [0.1, 0.15) is 18.1 Å². The molecule has 2 nitrogen and oxygen atoms in total. The topological polar surface area (TPSA) is 12.5 Å². The van der Waals surface area contributed by atoms with Crippen LogP contribution in [0.2, 0.25) is 0 Å². The predicted molar refractivity (Wildman–Crippen MR) is 67.2 cm³/mol. The molecule has 0 aromatic heterocycles. The number of nitrogens with zero attached hydrogens (tertiary/aromatic N) is 1. The van der Waals surface area contributed by atoms with E-state index >= 15 is 0 Å². The van der Waals surface area contributed by atoms with Crippen molar-refractivity contribution in [2.75, 3.05) is 26.3 Å². The highest BCUT2D eigenvalue weighted by Gasteiger charge is 2.10. The Labute approximate surface area is 97.5 Å². The van der Waals surface area contributed by atoms with Gasteiger partial charge in [0.2, 0.25) is 0 Å². The number of allylic oxidation sites excluding steroid dienone is 1. The van der Waals surface area contributed by atoms with Crippen molar-refractivity contribution in [1.82, 2.24) is 4.90 Å². The second kappa shape index (κ2) is 5.28. The standard InChI is InChI=1S/C14H19NO/c1-12(2)14-5-3-13(4-6-14)11-15-7-9-16-10-8-15/h3-6H,1,7-11H2,2H3. The van der Waals surface area contributed by atoms with Gasteiger partial charge in [-0.1, -0.05) is 36.4 Å². The van der Waals surface area contributed by atoms with Crippen LogP contribution < -0.4 is 0 Å². The Bertz CT molecular complexity index is 350. The average molecular weight is 217 g/mol. The van der Waals surface area contributed by atoms with E-state index in [0.717, 1.165) is 38.4 Å². The number of morpholine rings is 1. The fourth-order valence-corrected chi connectivity index (χ4v) is 1.91. The van der Waals surface area contributed by atoms with Crippen molar-refractivity contribution in [3.05, 3.63) is 42.0 Å². The van der Waals surface area contributed by atoms with Crippen molar-refractivity contribution in [2.24, 2.45) is 0 Å². The molecule has 0 spiro atoms. The van der Waals surface area contributed by atoms with Crippen molar-refractivity contribution in [3.63, 3.8) is 0 Å². The maximum absolute atomic E-state index is 5.33. The third-order valence-corrected chi connectivity index (χ3v) is 2.96. The lowest BCUT2D eigenvalue weighted by atomic mass is 10.1. The molecule has 0 unspecified atom stereocenters. The first kappa shape index (κ1) is 11.4. The molecule has 0 bridgehead atoms. The molecule has 86 valence electrons. The van der Waals surface area contributed by atoms with Gasteiger partial charge in [0.25, 0.3) is 0 Å². The van der Waals surface area contributed by atoms with Crippen LogP contribution in [0.15, 0.2) is 30.8 Å². The number of rotatable bonds is 3. The van der Waals surface area contributed by atoms with E-state index in [-0.39, 0.29) is 0 Å².